The van der Waals surface area contributed by atoms with E-state index in [1.54, 1.807) is 0 Å². The van der Waals surface area contributed by atoms with Crippen molar-refractivity contribution in [1.82, 2.24) is 0 Å². The molecule has 1 aliphatic rings. The van der Waals surface area contributed by atoms with Gasteiger partial charge in [-0.2, -0.15) is 23.5 Å². The van der Waals surface area contributed by atoms with Gasteiger partial charge in [-0.1, -0.05) is 27.7 Å². The molecular formula is C11H20OS2. The number of ketones is 1. The van der Waals surface area contributed by atoms with Crippen LogP contribution in [0.5, 0.6) is 0 Å². The lowest BCUT2D eigenvalue weighted by Crippen LogP contribution is -2.23. The zero-order chi connectivity index (χ0) is 10.7. The van der Waals surface area contributed by atoms with E-state index in [4.69, 9.17) is 0 Å². The molecular weight excluding hydrogens is 212 g/mol. The molecule has 0 bridgehead atoms. The summed E-state index contributed by atoms with van der Waals surface area (Å²) >= 11 is 3.92. The van der Waals surface area contributed by atoms with Crippen molar-refractivity contribution in [3.63, 3.8) is 0 Å². The maximum atomic E-state index is 11.8. The fraction of sp³-hybridized carbons (Fsp3) is 0.909. The van der Waals surface area contributed by atoms with Gasteiger partial charge in [0.25, 0.3) is 0 Å². The maximum Gasteiger partial charge on any atom is 0.140 e. The van der Waals surface area contributed by atoms with Gasteiger partial charge in [0.1, 0.15) is 5.78 Å². The van der Waals surface area contributed by atoms with Gasteiger partial charge in [0.05, 0.1) is 0 Å². The van der Waals surface area contributed by atoms with E-state index in [0.29, 0.717) is 16.3 Å². The maximum absolute atomic E-state index is 11.8. The minimum atomic E-state index is 0.199. The van der Waals surface area contributed by atoms with Crippen LogP contribution in [-0.2, 0) is 4.79 Å². The summed E-state index contributed by atoms with van der Waals surface area (Å²) in [4.78, 5) is 11.8. The Balaban J connectivity index is 2.53. The number of hydrogen-bond acceptors (Lipinski definition) is 3. The second kappa shape index (κ2) is 5.45. The number of rotatable bonds is 2. The van der Waals surface area contributed by atoms with Crippen molar-refractivity contribution in [3.05, 3.63) is 0 Å². The summed E-state index contributed by atoms with van der Waals surface area (Å²) in [7, 11) is 0. The fourth-order valence-electron chi connectivity index (χ4n) is 1.49. The van der Waals surface area contributed by atoms with Crippen molar-refractivity contribution in [3.8, 4) is 0 Å². The average molecular weight is 232 g/mol. The second-order valence-corrected chi connectivity index (χ2v) is 7.15. The van der Waals surface area contributed by atoms with Crippen LogP contribution >= 0.6 is 23.5 Å². The van der Waals surface area contributed by atoms with Crippen molar-refractivity contribution in [1.29, 1.82) is 0 Å². The van der Waals surface area contributed by atoms with Gasteiger partial charge < -0.3 is 0 Å². The number of carbonyl (C=O) groups excluding carboxylic acids is 1. The summed E-state index contributed by atoms with van der Waals surface area (Å²) in [6.07, 6.45) is 0. The SMILES string of the molecule is CC(C)C(=O)C1CSC(C)C(C)SC1. The molecule has 0 aromatic rings. The first kappa shape index (κ1) is 12.4. The molecule has 0 N–H and O–H groups in total. The molecule has 0 aliphatic carbocycles. The smallest absolute Gasteiger partial charge is 0.140 e. The van der Waals surface area contributed by atoms with Crippen LogP contribution in [0.25, 0.3) is 0 Å². The van der Waals surface area contributed by atoms with E-state index in [9.17, 15) is 4.79 Å². The van der Waals surface area contributed by atoms with Crippen molar-refractivity contribution in [2.75, 3.05) is 11.5 Å². The van der Waals surface area contributed by atoms with Crippen LogP contribution in [0, 0.1) is 11.8 Å². The van der Waals surface area contributed by atoms with Gasteiger partial charge in [0.15, 0.2) is 0 Å². The van der Waals surface area contributed by atoms with Crippen LogP contribution in [0.2, 0.25) is 0 Å². The highest BCUT2D eigenvalue weighted by atomic mass is 32.2. The molecule has 0 radical (unpaired) electrons. The first-order valence-electron chi connectivity index (χ1n) is 5.29. The number of Topliss-reactive ketones (excluding diaryl/α,β-unsaturated/α-hetero) is 1. The molecule has 0 aromatic heterocycles. The van der Waals surface area contributed by atoms with Crippen molar-refractivity contribution >= 4 is 29.3 Å². The molecule has 1 rings (SSSR count). The Kier molecular flexibility index (Phi) is 4.84. The van der Waals surface area contributed by atoms with Crippen LogP contribution in [0.1, 0.15) is 27.7 Å². The first-order chi connectivity index (χ1) is 6.52. The first-order valence-corrected chi connectivity index (χ1v) is 7.39. The van der Waals surface area contributed by atoms with Crippen molar-refractivity contribution in [2.45, 2.75) is 38.2 Å². The zero-order valence-corrected chi connectivity index (χ0v) is 11.1. The van der Waals surface area contributed by atoms with Crippen LogP contribution in [0.3, 0.4) is 0 Å². The third-order valence-electron chi connectivity index (χ3n) is 2.75. The average Bonchev–Trinajstić information content (AvgIpc) is 2.30. The summed E-state index contributed by atoms with van der Waals surface area (Å²) in [5.74, 6) is 2.99. The molecule has 2 unspecified atom stereocenters. The largest absolute Gasteiger partial charge is 0.299 e. The van der Waals surface area contributed by atoms with E-state index in [2.05, 4.69) is 13.8 Å². The molecule has 1 fully saturated rings. The Hall–Kier alpha value is 0.370. The van der Waals surface area contributed by atoms with Crippen LogP contribution in [0.15, 0.2) is 0 Å². The van der Waals surface area contributed by atoms with Crippen LogP contribution in [-0.4, -0.2) is 27.8 Å². The van der Waals surface area contributed by atoms with Gasteiger partial charge >= 0.3 is 0 Å². The highest BCUT2D eigenvalue weighted by Gasteiger charge is 2.27. The lowest BCUT2D eigenvalue weighted by atomic mass is 9.99. The predicted octanol–water partition coefficient (Wildman–Crippen LogP) is 3.08. The number of thioether (sulfide) groups is 2. The molecule has 3 heteroatoms. The van der Waals surface area contributed by atoms with E-state index < -0.39 is 0 Å². The van der Waals surface area contributed by atoms with E-state index in [1.807, 2.05) is 37.4 Å². The number of hydrogen-bond donors (Lipinski definition) is 0. The lowest BCUT2D eigenvalue weighted by molar-refractivity contribution is -0.124. The van der Waals surface area contributed by atoms with E-state index in [1.165, 1.54) is 0 Å². The van der Waals surface area contributed by atoms with Gasteiger partial charge in [-0.3, -0.25) is 4.79 Å². The Morgan fingerprint density at radius 3 is 1.93 bits per heavy atom. The molecule has 14 heavy (non-hydrogen) atoms. The van der Waals surface area contributed by atoms with E-state index in [-0.39, 0.29) is 11.8 Å². The lowest BCUT2D eigenvalue weighted by Gasteiger charge is -2.14. The van der Waals surface area contributed by atoms with Crippen molar-refractivity contribution < 1.29 is 4.79 Å². The normalized spacial score (nSPS) is 34.2. The molecule has 0 saturated carbocycles. The second-order valence-electron chi connectivity index (χ2n) is 4.33. The summed E-state index contributed by atoms with van der Waals surface area (Å²) in [6.45, 7) is 8.56. The Morgan fingerprint density at radius 2 is 1.57 bits per heavy atom. The van der Waals surface area contributed by atoms with Gasteiger partial charge in [-0.25, -0.2) is 0 Å². The number of carbonyl (C=O) groups is 1. The van der Waals surface area contributed by atoms with Crippen molar-refractivity contribution in [2.24, 2.45) is 11.8 Å². The Bertz CT molecular complexity index is 191. The summed E-state index contributed by atoms with van der Waals surface area (Å²) < 4.78 is 0. The standard InChI is InChI=1S/C11H20OS2/c1-7(2)11(12)10-5-13-8(3)9(4)14-6-10/h7-10H,5-6H2,1-4H3. The summed E-state index contributed by atoms with van der Waals surface area (Å²) in [6, 6.07) is 0. The molecule has 1 nitrogen and oxygen atoms in total. The topological polar surface area (TPSA) is 17.1 Å². The fourth-order valence-corrected chi connectivity index (χ4v) is 4.29. The van der Waals surface area contributed by atoms with Crippen LogP contribution < -0.4 is 0 Å². The third kappa shape index (κ3) is 3.20. The Labute approximate surface area is 95.8 Å². The highest BCUT2D eigenvalue weighted by Crippen LogP contribution is 2.33. The summed E-state index contributed by atoms with van der Waals surface area (Å²) in [5.41, 5.74) is 0. The van der Waals surface area contributed by atoms with E-state index in [0.717, 1.165) is 11.5 Å². The molecule has 2 atom stereocenters. The summed E-state index contributed by atoms with van der Waals surface area (Å²) in [5, 5.41) is 1.37. The van der Waals surface area contributed by atoms with Gasteiger partial charge in [-0.05, 0) is 0 Å². The molecule has 1 aliphatic heterocycles. The molecule has 0 spiro atoms. The molecule has 0 amide bonds. The minimum Gasteiger partial charge on any atom is -0.299 e. The minimum absolute atomic E-state index is 0.199. The van der Waals surface area contributed by atoms with Gasteiger partial charge in [0, 0.05) is 33.8 Å². The molecule has 1 saturated heterocycles. The predicted molar refractivity (Wildman–Crippen MR) is 67.2 cm³/mol. The van der Waals surface area contributed by atoms with Gasteiger partial charge in [-0.15, -0.1) is 0 Å². The van der Waals surface area contributed by atoms with Crippen LogP contribution in [0.4, 0.5) is 0 Å². The molecule has 82 valence electrons. The highest BCUT2D eigenvalue weighted by molar-refractivity contribution is 8.04. The zero-order valence-electron chi connectivity index (χ0n) is 9.45. The Morgan fingerprint density at radius 1 is 1.14 bits per heavy atom. The quantitative estimate of drug-likeness (QED) is 0.728. The van der Waals surface area contributed by atoms with Gasteiger partial charge in [0.2, 0.25) is 0 Å². The monoisotopic (exact) mass is 232 g/mol. The molecule has 0 aromatic carbocycles. The van der Waals surface area contributed by atoms with E-state index >= 15 is 0 Å². The third-order valence-corrected chi connectivity index (χ3v) is 5.98. The molecule has 1 heterocycles.